The Hall–Kier alpha value is -0.530. The third kappa shape index (κ3) is 9.77. The quantitative estimate of drug-likeness (QED) is 0.665. The standard InChI is InChI=1S/C7H13.C6H12O2/c1-7-5-3-2-4-6-7;1-3-5-6(7)8-4-2/h2-6H2,1H3;3-5H2,1-2H3. The van der Waals surface area contributed by atoms with E-state index in [0.29, 0.717) is 13.0 Å². The highest BCUT2D eigenvalue weighted by atomic mass is 16.5. The zero-order chi connectivity index (χ0) is 11.5. The lowest BCUT2D eigenvalue weighted by Crippen LogP contribution is -2.01. The molecule has 0 aromatic carbocycles. The minimum atomic E-state index is -0.0880. The monoisotopic (exact) mass is 213 g/mol. The Morgan fingerprint density at radius 2 is 1.80 bits per heavy atom. The number of hydrogen-bond acceptors (Lipinski definition) is 2. The van der Waals surface area contributed by atoms with Crippen LogP contribution >= 0.6 is 0 Å². The number of hydrogen-bond donors (Lipinski definition) is 0. The van der Waals surface area contributed by atoms with Crippen molar-refractivity contribution < 1.29 is 9.53 Å². The van der Waals surface area contributed by atoms with Crippen molar-refractivity contribution in [3.05, 3.63) is 5.92 Å². The second kappa shape index (κ2) is 10.0. The fourth-order valence-corrected chi connectivity index (χ4v) is 1.59. The summed E-state index contributed by atoms with van der Waals surface area (Å²) in [5, 5.41) is 0. The molecular formula is C13H25O2. The fraction of sp³-hybridized carbons (Fsp3) is 0.846. The summed E-state index contributed by atoms with van der Waals surface area (Å²) in [6.07, 6.45) is 8.60. The molecule has 0 aromatic rings. The minimum absolute atomic E-state index is 0.0880. The highest BCUT2D eigenvalue weighted by Gasteiger charge is 2.06. The number of carbonyl (C=O) groups excluding carboxylic acids is 1. The Morgan fingerprint density at radius 3 is 2.13 bits per heavy atom. The van der Waals surface area contributed by atoms with Crippen LogP contribution in [0.1, 0.15) is 65.7 Å². The molecule has 0 spiro atoms. The molecule has 0 unspecified atom stereocenters. The smallest absolute Gasteiger partial charge is 0.305 e. The normalized spacial score (nSPS) is 16.5. The van der Waals surface area contributed by atoms with Gasteiger partial charge in [-0.2, -0.15) is 0 Å². The minimum Gasteiger partial charge on any atom is -0.466 e. The molecule has 1 radical (unpaired) electrons. The van der Waals surface area contributed by atoms with Crippen LogP contribution in [0.3, 0.4) is 0 Å². The molecule has 1 saturated carbocycles. The Kier molecular flexibility index (Phi) is 9.65. The SMILES string of the molecule is CCCC(=O)OCC.C[C]1CCCCC1. The molecule has 1 aliphatic carbocycles. The Bertz CT molecular complexity index is 141. The lowest BCUT2D eigenvalue weighted by molar-refractivity contribution is -0.143. The molecule has 0 aromatic heterocycles. The molecule has 15 heavy (non-hydrogen) atoms. The van der Waals surface area contributed by atoms with Crippen LogP contribution < -0.4 is 0 Å². The van der Waals surface area contributed by atoms with Crippen LogP contribution in [-0.4, -0.2) is 12.6 Å². The molecule has 0 amide bonds. The maximum atomic E-state index is 10.4. The lowest BCUT2D eigenvalue weighted by Gasteiger charge is -2.14. The van der Waals surface area contributed by atoms with Crippen LogP contribution in [0.5, 0.6) is 0 Å². The van der Waals surface area contributed by atoms with Crippen LogP contribution in [0.2, 0.25) is 0 Å². The predicted molar refractivity (Wildman–Crippen MR) is 63.5 cm³/mol. The van der Waals surface area contributed by atoms with Crippen molar-refractivity contribution in [3.63, 3.8) is 0 Å². The molecule has 0 bridgehead atoms. The van der Waals surface area contributed by atoms with Gasteiger partial charge in [-0.1, -0.05) is 33.1 Å². The molecule has 0 heterocycles. The third-order valence-electron chi connectivity index (χ3n) is 2.47. The zero-order valence-corrected chi connectivity index (χ0v) is 10.5. The molecule has 89 valence electrons. The van der Waals surface area contributed by atoms with E-state index in [4.69, 9.17) is 0 Å². The Morgan fingerprint density at radius 1 is 1.20 bits per heavy atom. The number of carbonyl (C=O) groups is 1. The molecule has 1 aliphatic rings. The second-order valence-corrected chi connectivity index (χ2v) is 4.07. The summed E-state index contributed by atoms with van der Waals surface area (Å²) in [7, 11) is 0. The molecule has 2 heteroatoms. The van der Waals surface area contributed by atoms with Gasteiger partial charge in [0.1, 0.15) is 0 Å². The first-order chi connectivity index (χ1) is 7.20. The highest BCUT2D eigenvalue weighted by molar-refractivity contribution is 5.69. The van der Waals surface area contributed by atoms with Crippen molar-refractivity contribution in [2.75, 3.05) is 6.61 Å². The van der Waals surface area contributed by atoms with E-state index in [1.54, 1.807) is 5.92 Å². The van der Waals surface area contributed by atoms with Crippen LogP contribution in [0.25, 0.3) is 0 Å². The van der Waals surface area contributed by atoms with Crippen LogP contribution in [-0.2, 0) is 9.53 Å². The summed E-state index contributed by atoms with van der Waals surface area (Å²) in [6.45, 7) is 6.54. The molecule has 0 aliphatic heterocycles. The van der Waals surface area contributed by atoms with Crippen molar-refractivity contribution >= 4 is 5.97 Å². The first kappa shape index (κ1) is 14.5. The van der Waals surface area contributed by atoms with Gasteiger partial charge in [0, 0.05) is 6.42 Å². The average molecular weight is 213 g/mol. The molecule has 0 saturated heterocycles. The summed E-state index contributed by atoms with van der Waals surface area (Å²) >= 11 is 0. The number of esters is 1. The van der Waals surface area contributed by atoms with Gasteiger partial charge in [-0.25, -0.2) is 0 Å². The number of ether oxygens (including phenoxy) is 1. The average Bonchev–Trinajstić information content (AvgIpc) is 2.20. The highest BCUT2D eigenvalue weighted by Crippen LogP contribution is 2.23. The molecule has 2 nitrogen and oxygen atoms in total. The van der Waals surface area contributed by atoms with Gasteiger partial charge >= 0.3 is 5.97 Å². The van der Waals surface area contributed by atoms with E-state index in [2.05, 4.69) is 11.7 Å². The topological polar surface area (TPSA) is 26.3 Å². The molecular weight excluding hydrogens is 188 g/mol. The van der Waals surface area contributed by atoms with Gasteiger partial charge in [0.15, 0.2) is 0 Å². The predicted octanol–water partition coefficient (Wildman–Crippen LogP) is 3.89. The van der Waals surface area contributed by atoms with Gasteiger partial charge in [0.05, 0.1) is 6.61 Å². The fourth-order valence-electron chi connectivity index (χ4n) is 1.59. The van der Waals surface area contributed by atoms with Crippen molar-refractivity contribution in [1.29, 1.82) is 0 Å². The largest absolute Gasteiger partial charge is 0.466 e. The Labute approximate surface area is 94.4 Å². The van der Waals surface area contributed by atoms with E-state index in [-0.39, 0.29) is 5.97 Å². The van der Waals surface area contributed by atoms with E-state index in [1.165, 1.54) is 32.1 Å². The molecule has 1 fully saturated rings. The van der Waals surface area contributed by atoms with E-state index >= 15 is 0 Å². The summed E-state index contributed by atoms with van der Waals surface area (Å²) in [5.74, 6) is 1.63. The maximum absolute atomic E-state index is 10.4. The van der Waals surface area contributed by atoms with Gasteiger partial charge in [-0.05, 0) is 32.1 Å². The van der Waals surface area contributed by atoms with Gasteiger partial charge < -0.3 is 4.74 Å². The van der Waals surface area contributed by atoms with E-state index in [9.17, 15) is 4.79 Å². The van der Waals surface area contributed by atoms with Gasteiger partial charge in [0.2, 0.25) is 0 Å². The van der Waals surface area contributed by atoms with Gasteiger partial charge in [-0.3, -0.25) is 4.79 Å². The van der Waals surface area contributed by atoms with Crippen molar-refractivity contribution in [1.82, 2.24) is 0 Å². The van der Waals surface area contributed by atoms with E-state index in [0.717, 1.165) is 6.42 Å². The van der Waals surface area contributed by atoms with Gasteiger partial charge in [-0.15, -0.1) is 0 Å². The van der Waals surface area contributed by atoms with Gasteiger partial charge in [0.25, 0.3) is 0 Å². The van der Waals surface area contributed by atoms with Crippen molar-refractivity contribution in [2.45, 2.75) is 65.7 Å². The Balaban J connectivity index is 0.000000262. The summed E-state index contributed by atoms with van der Waals surface area (Å²) < 4.78 is 4.64. The summed E-state index contributed by atoms with van der Waals surface area (Å²) in [4.78, 5) is 10.4. The molecule has 1 rings (SSSR count). The van der Waals surface area contributed by atoms with Crippen LogP contribution in [0, 0.1) is 5.92 Å². The lowest BCUT2D eigenvalue weighted by atomic mass is 9.91. The van der Waals surface area contributed by atoms with Crippen LogP contribution in [0.15, 0.2) is 0 Å². The summed E-state index contributed by atoms with van der Waals surface area (Å²) in [6, 6.07) is 0. The molecule has 0 N–H and O–H groups in total. The second-order valence-electron chi connectivity index (χ2n) is 4.07. The molecule has 0 atom stereocenters. The first-order valence-electron chi connectivity index (χ1n) is 6.17. The first-order valence-corrected chi connectivity index (χ1v) is 6.17. The van der Waals surface area contributed by atoms with Crippen molar-refractivity contribution in [2.24, 2.45) is 0 Å². The third-order valence-corrected chi connectivity index (χ3v) is 2.47. The summed E-state index contributed by atoms with van der Waals surface area (Å²) in [5.41, 5.74) is 0. The zero-order valence-electron chi connectivity index (χ0n) is 10.5. The van der Waals surface area contributed by atoms with E-state index < -0.39 is 0 Å². The van der Waals surface area contributed by atoms with Crippen molar-refractivity contribution in [3.8, 4) is 0 Å². The van der Waals surface area contributed by atoms with Crippen LogP contribution in [0.4, 0.5) is 0 Å². The number of rotatable bonds is 3. The maximum Gasteiger partial charge on any atom is 0.305 e. The van der Waals surface area contributed by atoms with E-state index in [1.807, 2.05) is 13.8 Å².